The molecular weight excluding hydrogens is 211 g/mol. The number of alkyl halides is 2. The SMILES string of the molecule is Fc1ccc(F)c(SC(F)F)c1F. The monoisotopic (exact) mass is 214 g/mol. The van der Waals surface area contributed by atoms with Crippen LogP contribution in [-0.2, 0) is 0 Å². The van der Waals surface area contributed by atoms with Gasteiger partial charge in [0.2, 0.25) is 0 Å². The van der Waals surface area contributed by atoms with E-state index in [0.29, 0.717) is 12.1 Å². The lowest BCUT2D eigenvalue weighted by atomic mass is 10.3. The molecule has 13 heavy (non-hydrogen) atoms. The van der Waals surface area contributed by atoms with Crippen molar-refractivity contribution in [3.8, 4) is 0 Å². The second-order valence-electron chi connectivity index (χ2n) is 2.05. The average molecular weight is 214 g/mol. The van der Waals surface area contributed by atoms with Crippen molar-refractivity contribution in [2.45, 2.75) is 10.7 Å². The molecule has 0 saturated heterocycles. The van der Waals surface area contributed by atoms with Crippen molar-refractivity contribution in [3.63, 3.8) is 0 Å². The second kappa shape index (κ2) is 3.95. The van der Waals surface area contributed by atoms with Crippen LogP contribution in [0.15, 0.2) is 17.0 Å². The Morgan fingerprint density at radius 3 is 2.08 bits per heavy atom. The van der Waals surface area contributed by atoms with Crippen molar-refractivity contribution in [2.75, 3.05) is 0 Å². The lowest BCUT2D eigenvalue weighted by Gasteiger charge is -2.03. The molecule has 0 nitrogen and oxygen atoms in total. The summed E-state index contributed by atoms with van der Waals surface area (Å²) in [7, 11) is 0. The molecule has 1 rings (SSSR count). The number of hydrogen-bond acceptors (Lipinski definition) is 1. The number of halogens is 5. The van der Waals surface area contributed by atoms with Gasteiger partial charge in [-0.25, -0.2) is 13.2 Å². The highest BCUT2D eigenvalue weighted by molar-refractivity contribution is 7.99. The largest absolute Gasteiger partial charge is 0.289 e. The molecule has 0 bridgehead atoms. The van der Waals surface area contributed by atoms with E-state index in [4.69, 9.17) is 0 Å². The minimum Gasteiger partial charge on any atom is -0.206 e. The Balaban J connectivity index is 3.10. The molecule has 0 unspecified atom stereocenters. The molecular formula is C7H3F5S. The summed E-state index contributed by atoms with van der Waals surface area (Å²) in [5.74, 6) is -7.09. The summed E-state index contributed by atoms with van der Waals surface area (Å²) < 4.78 is 61.1. The van der Waals surface area contributed by atoms with Crippen molar-refractivity contribution in [1.82, 2.24) is 0 Å². The van der Waals surface area contributed by atoms with Gasteiger partial charge in [-0.05, 0) is 23.9 Å². The molecule has 6 heteroatoms. The van der Waals surface area contributed by atoms with Gasteiger partial charge >= 0.3 is 0 Å². The molecule has 0 aliphatic rings. The van der Waals surface area contributed by atoms with Crippen LogP contribution in [0.5, 0.6) is 0 Å². The molecule has 1 aromatic carbocycles. The van der Waals surface area contributed by atoms with Crippen LogP contribution in [0.2, 0.25) is 0 Å². The number of rotatable bonds is 2. The lowest BCUT2D eigenvalue weighted by molar-refractivity contribution is 0.251. The molecule has 0 aliphatic heterocycles. The van der Waals surface area contributed by atoms with Crippen molar-refractivity contribution in [2.24, 2.45) is 0 Å². The van der Waals surface area contributed by atoms with E-state index in [0.717, 1.165) is 0 Å². The van der Waals surface area contributed by atoms with Crippen LogP contribution >= 0.6 is 11.8 Å². The number of hydrogen-bond donors (Lipinski definition) is 0. The van der Waals surface area contributed by atoms with E-state index >= 15 is 0 Å². The summed E-state index contributed by atoms with van der Waals surface area (Å²) in [6.45, 7) is 0. The standard InChI is InChI=1S/C7H3F5S/c8-3-1-2-4(9)6(5(3)10)13-7(11)12/h1-2,7H. The second-order valence-corrected chi connectivity index (χ2v) is 3.05. The Morgan fingerprint density at radius 1 is 1.00 bits per heavy atom. The maximum absolute atomic E-state index is 12.7. The molecule has 72 valence electrons. The zero-order valence-corrected chi connectivity index (χ0v) is 6.85. The first-order chi connectivity index (χ1) is 6.02. The molecule has 1 aromatic rings. The van der Waals surface area contributed by atoms with Gasteiger partial charge in [-0.2, -0.15) is 8.78 Å². The summed E-state index contributed by atoms with van der Waals surface area (Å²) in [5, 5.41) is 0. The number of benzene rings is 1. The topological polar surface area (TPSA) is 0 Å². The van der Waals surface area contributed by atoms with E-state index < -0.39 is 28.1 Å². The first kappa shape index (κ1) is 10.3. The van der Waals surface area contributed by atoms with Crippen molar-refractivity contribution in [1.29, 1.82) is 0 Å². The van der Waals surface area contributed by atoms with Crippen LogP contribution in [0.4, 0.5) is 22.0 Å². The van der Waals surface area contributed by atoms with Gasteiger partial charge < -0.3 is 0 Å². The Hall–Kier alpha value is -0.780. The fourth-order valence-electron chi connectivity index (χ4n) is 0.706. The van der Waals surface area contributed by atoms with Crippen LogP contribution in [0.25, 0.3) is 0 Å². The van der Waals surface area contributed by atoms with E-state index in [9.17, 15) is 22.0 Å². The predicted molar refractivity (Wildman–Crippen MR) is 38.2 cm³/mol. The molecule has 0 saturated carbocycles. The van der Waals surface area contributed by atoms with Gasteiger partial charge in [0.25, 0.3) is 5.76 Å². The summed E-state index contributed by atoms with van der Waals surface area (Å²) in [5.41, 5.74) is 0. The van der Waals surface area contributed by atoms with Crippen molar-refractivity contribution < 1.29 is 22.0 Å². The van der Waals surface area contributed by atoms with Gasteiger partial charge in [0.1, 0.15) is 5.82 Å². The molecule has 0 N–H and O–H groups in total. The molecule has 0 atom stereocenters. The predicted octanol–water partition coefficient (Wildman–Crippen LogP) is 3.42. The molecule has 0 aliphatic carbocycles. The molecule has 0 heterocycles. The smallest absolute Gasteiger partial charge is 0.206 e. The van der Waals surface area contributed by atoms with Gasteiger partial charge in [-0.15, -0.1) is 0 Å². The molecule has 0 spiro atoms. The van der Waals surface area contributed by atoms with Crippen molar-refractivity contribution in [3.05, 3.63) is 29.6 Å². The Kier molecular flexibility index (Phi) is 3.13. The third-order valence-corrected chi connectivity index (χ3v) is 2.00. The van der Waals surface area contributed by atoms with Gasteiger partial charge in [0.15, 0.2) is 11.6 Å². The third kappa shape index (κ3) is 2.33. The third-order valence-electron chi connectivity index (χ3n) is 1.21. The Morgan fingerprint density at radius 2 is 1.54 bits per heavy atom. The highest BCUT2D eigenvalue weighted by atomic mass is 32.2. The van der Waals surface area contributed by atoms with Gasteiger partial charge in [-0.1, -0.05) is 0 Å². The summed E-state index contributed by atoms with van der Waals surface area (Å²) >= 11 is -0.358. The van der Waals surface area contributed by atoms with Gasteiger partial charge in [-0.3, -0.25) is 0 Å². The minimum absolute atomic E-state index is 0.358. The maximum atomic E-state index is 12.7. The number of thioether (sulfide) groups is 1. The quantitative estimate of drug-likeness (QED) is 0.413. The van der Waals surface area contributed by atoms with Crippen LogP contribution < -0.4 is 0 Å². The van der Waals surface area contributed by atoms with E-state index in [1.54, 1.807) is 0 Å². The van der Waals surface area contributed by atoms with Crippen molar-refractivity contribution >= 4 is 11.8 Å². The first-order valence-electron chi connectivity index (χ1n) is 3.10. The van der Waals surface area contributed by atoms with Crippen LogP contribution in [0.1, 0.15) is 0 Å². The fourth-order valence-corrected chi connectivity index (χ4v) is 1.27. The van der Waals surface area contributed by atoms with Crippen LogP contribution in [0, 0.1) is 17.5 Å². The summed E-state index contributed by atoms with van der Waals surface area (Å²) in [4.78, 5) is -0.991. The highest BCUT2D eigenvalue weighted by Gasteiger charge is 2.18. The average Bonchev–Trinajstić information content (AvgIpc) is 2.05. The van der Waals surface area contributed by atoms with E-state index in [1.165, 1.54) is 0 Å². The Labute approximate surface area is 74.7 Å². The maximum Gasteiger partial charge on any atom is 0.289 e. The van der Waals surface area contributed by atoms with E-state index in [2.05, 4.69) is 0 Å². The summed E-state index contributed by atoms with van der Waals surface area (Å²) in [6, 6.07) is 1.14. The van der Waals surface area contributed by atoms with Gasteiger partial charge in [0.05, 0.1) is 4.90 Å². The molecule has 0 amide bonds. The lowest BCUT2D eigenvalue weighted by Crippen LogP contribution is -1.94. The normalized spacial score (nSPS) is 10.9. The highest BCUT2D eigenvalue weighted by Crippen LogP contribution is 2.31. The zero-order valence-electron chi connectivity index (χ0n) is 6.03. The van der Waals surface area contributed by atoms with Crippen LogP contribution in [-0.4, -0.2) is 5.76 Å². The zero-order chi connectivity index (χ0) is 10.0. The van der Waals surface area contributed by atoms with Gasteiger partial charge in [0, 0.05) is 0 Å². The van der Waals surface area contributed by atoms with E-state index in [-0.39, 0.29) is 11.8 Å². The first-order valence-corrected chi connectivity index (χ1v) is 3.98. The molecule has 0 fully saturated rings. The Bertz CT molecular complexity index is 312. The summed E-state index contributed by atoms with van der Waals surface area (Å²) in [6.07, 6.45) is 0. The molecule has 0 radical (unpaired) electrons. The van der Waals surface area contributed by atoms with E-state index in [1.807, 2.05) is 0 Å². The fraction of sp³-hybridized carbons (Fsp3) is 0.143. The minimum atomic E-state index is -2.98. The van der Waals surface area contributed by atoms with Crippen LogP contribution in [0.3, 0.4) is 0 Å². The molecule has 0 aromatic heterocycles.